The monoisotopic (exact) mass is 541 g/mol. The Kier molecular flexibility index (Phi) is 10.2. The Morgan fingerprint density at radius 2 is 1.59 bits per heavy atom. The molecule has 9 N–H and O–H groups in total. The number of hydrogen-bond acceptors (Lipinski definition) is 7. The molecule has 2 heterocycles. The van der Waals surface area contributed by atoms with Crippen LogP contribution in [0.4, 0.5) is 0 Å². The van der Waals surface area contributed by atoms with Crippen LogP contribution in [0.25, 0.3) is 10.9 Å². The lowest BCUT2D eigenvalue weighted by Gasteiger charge is -2.25. The Balaban J connectivity index is 1.86. The third-order valence-corrected chi connectivity index (χ3v) is 6.20. The number of carboxylic acid groups (broad SMARTS) is 1. The summed E-state index contributed by atoms with van der Waals surface area (Å²) in [4.78, 5) is 60.7. The summed E-state index contributed by atoms with van der Waals surface area (Å²) in [6.07, 6.45) is 5.08. The molecule has 0 aliphatic carbocycles. The van der Waals surface area contributed by atoms with Crippen LogP contribution in [0.3, 0.4) is 0 Å². The van der Waals surface area contributed by atoms with Crippen molar-refractivity contribution in [3.8, 4) is 0 Å². The lowest BCUT2D eigenvalue weighted by Crippen LogP contribution is -2.58. The van der Waals surface area contributed by atoms with Gasteiger partial charge in [-0.3, -0.25) is 14.4 Å². The Morgan fingerprint density at radius 1 is 0.949 bits per heavy atom. The van der Waals surface area contributed by atoms with Crippen molar-refractivity contribution in [3.63, 3.8) is 0 Å². The van der Waals surface area contributed by atoms with Gasteiger partial charge in [-0.15, -0.1) is 0 Å². The van der Waals surface area contributed by atoms with E-state index >= 15 is 0 Å². The topological polar surface area (TPSA) is 215 Å². The van der Waals surface area contributed by atoms with E-state index in [1.54, 1.807) is 6.20 Å². The molecule has 3 aromatic rings. The summed E-state index contributed by atoms with van der Waals surface area (Å²) in [5.41, 5.74) is 8.19. The van der Waals surface area contributed by atoms with E-state index in [-0.39, 0.29) is 18.8 Å². The second kappa shape index (κ2) is 13.5. The molecule has 3 amide bonds. The highest BCUT2D eigenvalue weighted by molar-refractivity contribution is 5.95. The average Bonchev–Trinajstić information content (AvgIpc) is 3.55. The minimum Gasteiger partial charge on any atom is -0.480 e. The van der Waals surface area contributed by atoms with Crippen molar-refractivity contribution in [2.75, 3.05) is 6.61 Å². The van der Waals surface area contributed by atoms with Gasteiger partial charge in [-0.25, -0.2) is 9.78 Å². The van der Waals surface area contributed by atoms with Crippen LogP contribution in [-0.2, 0) is 32.0 Å². The van der Waals surface area contributed by atoms with Crippen LogP contribution in [0.2, 0.25) is 0 Å². The van der Waals surface area contributed by atoms with Gasteiger partial charge in [-0.2, -0.15) is 0 Å². The van der Waals surface area contributed by atoms with Crippen LogP contribution in [0.1, 0.15) is 31.5 Å². The van der Waals surface area contributed by atoms with Gasteiger partial charge < -0.3 is 41.9 Å². The van der Waals surface area contributed by atoms with Crippen LogP contribution in [-0.4, -0.2) is 79.6 Å². The molecule has 0 saturated heterocycles. The summed E-state index contributed by atoms with van der Waals surface area (Å²) in [5.74, 6) is -3.28. The number of aliphatic carboxylic acids is 1. The number of para-hydroxylation sites is 1. The van der Waals surface area contributed by atoms with E-state index in [0.717, 1.165) is 16.5 Å². The summed E-state index contributed by atoms with van der Waals surface area (Å²) >= 11 is 0. The van der Waals surface area contributed by atoms with Gasteiger partial charge >= 0.3 is 5.97 Å². The van der Waals surface area contributed by atoms with Gasteiger partial charge in [0.05, 0.1) is 19.0 Å². The first-order chi connectivity index (χ1) is 18.6. The molecular weight excluding hydrogens is 506 g/mol. The van der Waals surface area contributed by atoms with Crippen LogP contribution >= 0.6 is 0 Å². The molecule has 39 heavy (non-hydrogen) atoms. The third kappa shape index (κ3) is 8.12. The van der Waals surface area contributed by atoms with Crippen molar-refractivity contribution in [1.29, 1.82) is 0 Å². The number of carbonyl (C=O) groups is 4. The number of nitrogens with zero attached hydrogens (tertiary/aromatic N) is 1. The van der Waals surface area contributed by atoms with Crippen LogP contribution < -0.4 is 21.7 Å². The number of carbonyl (C=O) groups excluding carboxylic acids is 3. The Morgan fingerprint density at radius 3 is 2.21 bits per heavy atom. The Labute approximate surface area is 225 Å². The van der Waals surface area contributed by atoms with Gasteiger partial charge in [0.1, 0.15) is 18.1 Å². The molecule has 2 aromatic heterocycles. The fourth-order valence-corrected chi connectivity index (χ4v) is 4.18. The molecule has 0 saturated carbocycles. The maximum absolute atomic E-state index is 13.6. The first kappa shape index (κ1) is 29.3. The zero-order chi connectivity index (χ0) is 28.5. The number of imidazole rings is 1. The van der Waals surface area contributed by atoms with Crippen LogP contribution in [0.5, 0.6) is 0 Å². The first-order valence-electron chi connectivity index (χ1n) is 12.6. The number of aliphatic hydroxyl groups is 1. The lowest BCUT2D eigenvalue weighted by molar-refractivity contribution is -0.143. The second-order valence-corrected chi connectivity index (χ2v) is 9.78. The van der Waals surface area contributed by atoms with Crippen molar-refractivity contribution >= 4 is 34.6 Å². The highest BCUT2D eigenvalue weighted by Crippen LogP contribution is 2.19. The van der Waals surface area contributed by atoms with Crippen molar-refractivity contribution < 1.29 is 29.4 Å². The normalized spacial score (nSPS) is 14.4. The number of rotatable bonds is 14. The van der Waals surface area contributed by atoms with E-state index in [1.165, 1.54) is 12.5 Å². The number of benzene rings is 1. The fraction of sp³-hybridized carbons (Fsp3) is 0.423. The number of aliphatic hydroxyl groups excluding tert-OH is 1. The predicted octanol–water partition coefficient (Wildman–Crippen LogP) is -0.419. The van der Waals surface area contributed by atoms with Crippen molar-refractivity contribution in [2.45, 2.75) is 57.3 Å². The number of H-pyrrole nitrogens is 2. The molecule has 0 fully saturated rings. The summed E-state index contributed by atoms with van der Waals surface area (Å²) in [6.45, 7) is 3.02. The molecule has 1 aromatic carbocycles. The van der Waals surface area contributed by atoms with E-state index in [9.17, 15) is 29.4 Å². The number of amides is 3. The van der Waals surface area contributed by atoms with Crippen molar-refractivity contribution in [2.24, 2.45) is 11.7 Å². The Bertz CT molecular complexity index is 1270. The minimum atomic E-state index is -1.56. The number of aromatic nitrogens is 3. The van der Waals surface area contributed by atoms with Gasteiger partial charge in [0.15, 0.2) is 0 Å². The van der Waals surface area contributed by atoms with E-state index in [2.05, 4.69) is 30.9 Å². The number of aromatic amines is 2. The maximum atomic E-state index is 13.6. The summed E-state index contributed by atoms with van der Waals surface area (Å²) < 4.78 is 0. The summed E-state index contributed by atoms with van der Waals surface area (Å²) in [5, 5.41) is 27.0. The number of fused-ring (bicyclic) bond motifs is 1. The molecule has 4 unspecified atom stereocenters. The molecule has 0 aliphatic heterocycles. The molecule has 13 nitrogen and oxygen atoms in total. The lowest BCUT2D eigenvalue weighted by atomic mass is 10.0. The fourth-order valence-electron chi connectivity index (χ4n) is 4.18. The average molecular weight is 542 g/mol. The van der Waals surface area contributed by atoms with Gasteiger partial charge in [0, 0.05) is 41.8 Å². The number of nitrogens with one attached hydrogen (secondary N) is 5. The van der Waals surface area contributed by atoms with E-state index in [0.29, 0.717) is 12.1 Å². The molecule has 4 atom stereocenters. The first-order valence-corrected chi connectivity index (χ1v) is 12.6. The zero-order valence-corrected chi connectivity index (χ0v) is 21.8. The van der Waals surface area contributed by atoms with E-state index < -0.39 is 54.5 Å². The number of hydrogen-bond donors (Lipinski definition) is 8. The Hall–Kier alpha value is -4.23. The van der Waals surface area contributed by atoms with Gasteiger partial charge in [0.2, 0.25) is 17.7 Å². The predicted molar refractivity (Wildman–Crippen MR) is 142 cm³/mol. The highest BCUT2D eigenvalue weighted by atomic mass is 16.4. The molecule has 0 spiro atoms. The van der Waals surface area contributed by atoms with E-state index in [4.69, 9.17) is 5.73 Å². The van der Waals surface area contributed by atoms with Gasteiger partial charge in [-0.05, 0) is 24.0 Å². The van der Waals surface area contributed by atoms with Gasteiger partial charge in [0.25, 0.3) is 0 Å². The number of carboxylic acids is 1. The largest absolute Gasteiger partial charge is 0.480 e. The maximum Gasteiger partial charge on any atom is 0.328 e. The smallest absolute Gasteiger partial charge is 0.328 e. The minimum absolute atomic E-state index is 0.0457. The molecule has 3 rings (SSSR count). The molecule has 210 valence electrons. The van der Waals surface area contributed by atoms with E-state index in [1.807, 2.05) is 38.1 Å². The second-order valence-electron chi connectivity index (χ2n) is 9.78. The van der Waals surface area contributed by atoms with Crippen molar-refractivity contribution in [1.82, 2.24) is 30.9 Å². The van der Waals surface area contributed by atoms with Crippen molar-refractivity contribution in [3.05, 3.63) is 54.2 Å². The van der Waals surface area contributed by atoms with Gasteiger partial charge in [-0.1, -0.05) is 32.0 Å². The van der Waals surface area contributed by atoms with Crippen LogP contribution in [0.15, 0.2) is 43.0 Å². The third-order valence-electron chi connectivity index (χ3n) is 6.20. The number of nitrogens with two attached hydrogens (primary N) is 1. The summed E-state index contributed by atoms with van der Waals surface area (Å²) in [7, 11) is 0. The highest BCUT2D eigenvalue weighted by Gasteiger charge is 2.31. The molecule has 0 aliphatic rings. The quantitative estimate of drug-likeness (QED) is 0.134. The standard InChI is InChI=1S/C26H35N7O6/c1-14(2)7-18(27)23(35)31-20(8-15-10-29-19-6-4-3-5-17(15)19)24(36)32-21(9-16-11-28-13-30-16)25(37)33-22(12-34)26(38)39/h3-6,10-11,13-14,18,20-22,29,34H,7-9,12,27H2,1-2H3,(H,28,30)(H,31,35)(H,32,36)(H,33,37)(H,38,39). The SMILES string of the molecule is CC(C)CC(N)C(=O)NC(Cc1c[nH]c2ccccc12)C(=O)NC(Cc1cnc[nH]1)C(=O)NC(CO)C(=O)O. The molecule has 13 heteroatoms. The van der Waals surface area contributed by atoms with Crippen LogP contribution in [0, 0.1) is 5.92 Å². The zero-order valence-electron chi connectivity index (χ0n) is 21.8. The summed E-state index contributed by atoms with van der Waals surface area (Å²) in [6, 6.07) is 2.76. The molecule has 0 radical (unpaired) electrons. The molecular formula is C26H35N7O6. The molecule has 0 bridgehead atoms.